The number of benzene rings is 1. The number of Topliss-reactive ketones (excluding diaryl/α,β-unsaturated/α-hetero) is 1. The summed E-state index contributed by atoms with van der Waals surface area (Å²) in [6, 6.07) is 4.75. The summed E-state index contributed by atoms with van der Waals surface area (Å²) >= 11 is 5.86. The van der Waals surface area contributed by atoms with Crippen molar-refractivity contribution in [2.45, 2.75) is 58.1 Å². The first-order valence-electron chi connectivity index (χ1n) is 10.2. The molecule has 0 fully saturated rings. The number of carbonyl (C=O) groups is 3. The molecule has 31 heavy (non-hydrogen) atoms. The van der Waals surface area contributed by atoms with Gasteiger partial charge in [0.15, 0.2) is 5.78 Å². The Bertz CT molecular complexity index is 727. The summed E-state index contributed by atoms with van der Waals surface area (Å²) in [4.78, 5) is 37.5. The number of nitrogens with two attached hydrogens (primary N) is 2. The molecule has 1 rings (SSSR count). The van der Waals surface area contributed by atoms with Crippen LogP contribution in [0.1, 0.15) is 32.8 Å². The quantitative estimate of drug-likeness (QED) is 0.282. The number of carbonyl (C=O) groups excluding carboxylic acids is 3. The number of hydrogen-bond acceptors (Lipinski definition) is 7. The van der Waals surface area contributed by atoms with Crippen LogP contribution >= 0.6 is 11.6 Å². The molecule has 7 N–H and O–H groups in total. The number of ether oxygens (including phenoxy) is 1. The lowest BCUT2D eigenvalue weighted by atomic mass is 10.0. The summed E-state index contributed by atoms with van der Waals surface area (Å²) in [5, 5.41) is 15.6. The van der Waals surface area contributed by atoms with Crippen molar-refractivity contribution in [3.63, 3.8) is 0 Å². The van der Waals surface area contributed by atoms with Gasteiger partial charge in [0.05, 0.1) is 18.8 Å². The topological polar surface area (TPSA) is 157 Å². The fraction of sp³-hybridized carbons (Fsp3) is 0.571. The molecule has 0 saturated heterocycles. The average Bonchev–Trinajstić information content (AvgIpc) is 2.73. The maximum absolute atomic E-state index is 12.7. The van der Waals surface area contributed by atoms with E-state index in [1.54, 1.807) is 38.1 Å². The standard InChI is InChI=1S/C21H33ClN4O5/c1-12(2)19(28)16(10-24)25-21(30)18(13(3)27)26-20(29)17(8-9-23)31-11-14-4-6-15(22)7-5-14/h4-7,12-13,16-18,27H,8-11,23-24H2,1-3H3,(H,25,30)(H,26,29)/t13?,16-,17-,18-/m0/s1. The summed E-state index contributed by atoms with van der Waals surface area (Å²) < 4.78 is 5.68. The molecule has 0 aliphatic heterocycles. The number of aliphatic hydroxyl groups excluding tert-OH is 1. The van der Waals surface area contributed by atoms with Crippen LogP contribution in [0.25, 0.3) is 0 Å². The molecular weight excluding hydrogens is 424 g/mol. The molecular formula is C21H33ClN4O5. The SMILES string of the molecule is CC(C)C(=O)[C@H](CN)NC(=O)[C@@H](NC(=O)[C@H](CCN)OCc1ccc(Cl)cc1)C(C)O. The summed E-state index contributed by atoms with van der Waals surface area (Å²) in [7, 11) is 0. The zero-order valence-electron chi connectivity index (χ0n) is 18.1. The zero-order chi connectivity index (χ0) is 23.6. The highest BCUT2D eigenvalue weighted by Gasteiger charge is 2.32. The Balaban J connectivity index is 2.82. The Morgan fingerprint density at radius 1 is 1.06 bits per heavy atom. The van der Waals surface area contributed by atoms with Gasteiger partial charge < -0.3 is 31.9 Å². The number of nitrogens with one attached hydrogen (secondary N) is 2. The van der Waals surface area contributed by atoms with E-state index < -0.39 is 36.1 Å². The Hall–Kier alpha value is -2.04. The molecule has 10 heteroatoms. The van der Waals surface area contributed by atoms with Crippen molar-refractivity contribution in [1.82, 2.24) is 10.6 Å². The second-order valence-electron chi connectivity index (χ2n) is 7.58. The maximum Gasteiger partial charge on any atom is 0.249 e. The van der Waals surface area contributed by atoms with Gasteiger partial charge in [-0.3, -0.25) is 14.4 Å². The van der Waals surface area contributed by atoms with Crippen LogP contribution in [-0.4, -0.2) is 60.1 Å². The Kier molecular flexibility index (Phi) is 11.7. The van der Waals surface area contributed by atoms with Gasteiger partial charge in [0.1, 0.15) is 12.1 Å². The van der Waals surface area contributed by atoms with E-state index in [4.69, 9.17) is 27.8 Å². The molecule has 1 aromatic carbocycles. The van der Waals surface area contributed by atoms with Crippen LogP contribution in [0.5, 0.6) is 0 Å². The van der Waals surface area contributed by atoms with Crippen molar-refractivity contribution in [1.29, 1.82) is 0 Å². The molecule has 0 bridgehead atoms. The smallest absolute Gasteiger partial charge is 0.249 e. The second-order valence-corrected chi connectivity index (χ2v) is 8.02. The summed E-state index contributed by atoms with van der Waals surface area (Å²) in [5.74, 6) is -1.88. The van der Waals surface area contributed by atoms with Gasteiger partial charge in [0.25, 0.3) is 0 Å². The molecule has 0 aliphatic carbocycles. The third-order valence-corrected chi connectivity index (χ3v) is 4.87. The molecule has 174 valence electrons. The lowest BCUT2D eigenvalue weighted by Crippen LogP contribution is -2.59. The first kappa shape index (κ1) is 27.0. The van der Waals surface area contributed by atoms with E-state index in [0.717, 1.165) is 5.56 Å². The summed E-state index contributed by atoms with van der Waals surface area (Å²) in [6.07, 6.45) is -1.94. The molecule has 0 saturated carbocycles. The highest BCUT2D eigenvalue weighted by molar-refractivity contribution is 6.30. The predicted molar refractivity (Wildman–Crippen MR) is 118 cm³/mol. The van der Waals surface area contributed by atoms with E-state index in [-0.39, 0.29) is 37.8 Å². The fourth-order valence-corrected chi connectivity index (χ4v) is 2.91. The van der Waals surface area contributed by atoms with Crippen LogP contribution in [0.15, 0.2) is 24.3 Å². The lowest BCUT2D eigenvalue weighted by molar-refractivity contribution is -0.140. The fourth-order valence-electron chi connectivity index (χ4n) is 2.78. The van der Waals surface area contributed by atoms with E-state index in [9.17, 15) is 19.5 Å². The Morgan fingerprint density at radius 3 is 2.16 bits per heavy atom. The monoisotopic (exact) mass is 456 g/mol. The van der Waals surface area contributed by atoms with Crippen molar-refractivity contribution in [3.05, 3.63) is 34.9 Å². The Labute approximate surface area is 187 Å². The van der Waals surface area contributed by atoms with E-state index in [1.807, 2.05) is 0 Å². The van der Waals surface area contributed by atoms with Crippen LogP contribution < -0.4 is 22.1 Å². The van der Waals surface area contributed by atoms with Crippen molar-refractivity contribution in [2.24, 2.45) is 17.4 Å². The van der Waals surface area contributed by atoms with Crippen LogP contribution in [0.4, 0.5) is 0 Å². The summed E-state index contributed by atoms with van der Waals surface area (Å²) in [5.41, 5.74) is 12.0. The molecule has 2 amide bonds. The van der Waals surface area contributed by atoms with E-state index in [1.165, 1.54) is 6.92 Å². The van der Waals surface area contributed by atoms with Gasteiger partial charge in [-0.1, -0.05) is 37.6 Å². The van der Waals surface area contributed by atoms with Crippen LogP contribution in [0.2, 0.25) is 5.02 Å². The number of ketones is 1. The van der Waals surface area contributed by atoms with Crippen molar-refractivity contribution in [3.8, 4) is 0 Å². The molecule has 0 aromatic heterocycles. The van der Waals surface area contributed by atoms with Gasteiger partial charge in [-0.05, 0) is 37.6 Å². The minimum Gasteiger partial charge on any atom is -0.391 e. The highest BCUT2D eigenvalue weighted by atomic mass is 35.5. The number of halogens is 1. The minimum absolute atomic E-state index is 0.0940. The average molecular weight is 457 g/mol. The lowest BCUT2D eigenvalue weighted by Gasteiger charge is -2.26. The van der Waals surface area contributed by atoms with Gasteiger partial charge in [-0.2, -0.15) is 0 Å². The first-order chi connectivity index (χ1) is 14.6. The van der Waals surface area contributed by atoms with E-state index >= 15 is 0 Å². The van der Waals surface area contributed by atoms with Gasteiger partial charge in [0, 0.05) is 17.5 Å². The molecule has 1 aromatic rings. The normalized spacial score (nSPS) is 15.1. The Morgan fingerprint density at radius 2 is 1.68 bits per heavy atom. The number of hydrogen-bond donors (Lipinski definition) is 5. The van der Waals surface area contributed by atoms with Gasteiger partial charge in [-0.15, -0.1) is 0 Å². The summed E-state index contributed by atoms with van der Waals surface area (Å²) in [6.45, 7) is 4.98. The maximum atomic E-state index is 12.7. The van der Waals surface area contributed by atoms with Crippen molar-refractivity contribution >= 4 is 29.2 Å². The molecule has 4 atom stereocenters. The van der Waals surface area contributed by atoms with Crippen LogP contribution in [0.3, 0.4) is 0 Å². The van der Waals surface area contributed by atoms with Crippen LogP contribution in [0, 0.1) is 5.92 Å². The van der Waals surface area contributed by atoms with Crippen molar-refractivity contribution in [2.75, 3.05) is 13.1 Å². The molecule has 0 heterocycles. The minimum atomic E-state index is -1.29. The van der Waals surface area contributed by atoms with Gasteiger partial charge >= 0.3 is 0 Å². The third-order valence-electron chi connectivity index (χ3n) is 4.61. The highest BCUT2D eigenvalue weighted by Crippen LogP contribution is 2.12. The number of amides is 2. The number of rotatable bonds is 13. The second kappa shape index (κ2) is 13.4. The molecule has 0 spiro atoms. The van der Waals surface area contributed by atoms with Crippen LogP contribution in [-0.2, 0) is 25.7 Å². The third kappa shape index (κ3) is 8.92. The van der Waals surface area contributed by atoms with Crippen molar-refractivity contribution < 1.29 is 24.2 Å². The largest absolute Gasteiger partial charge is 0.391 e. The van der Waals surface area contributed by atoms with Gasteiger partial charge in [0.2, 0.25) is 11.8 Å². The molecule has 1 unspecified atom stereocenters. The van der Waals surface area contributed by atoms with E-state index in [0.29, 0.717) is 5.02 Å². The zero-order valence-corrected chi connectivity index (χ0v) is 18.9. The predicted octanol–water partition coefficient (Wildman–Crippen LogP) is 0.108. The molecule has 0 radical (unpaired) electrons. The van der Waals surface area contributed by atoms with E-state index in [2.05, 4.69) is 10.6 Å². The molecule has 0 aliphatic rings. The van der Waals surface area contributed by atoms with Gasteiger partial charge in [-0.25, -0.2) is 0 Å². The number of aliphatic hydroxyl groups is 1. The first-order valence-corrected chi connectivity index (χ1v) is 10.6. The molecule has 9 nitrogen and oxygen atoms in total.